The number of piperidine rings is 1. The van der Waals surface area contributed by atoms with Gasteiger partial charge >= 0.3 is 0 Å². The number of rotatable bonds is 6. The molecule has 3 N–H and O–H groups in total. The second-order valence-corrected chi connectivity index (χ2v) is 11.2. The van der Waals surface area contributed by atoms with Crippen molar-refractivity contribution in [3.05, 3.63) is 71.7 Å². The quantitative estimate of drug-likeness (QED) is 0.400. The standard InChI is InChI=1S/C31H34F2N6O2/c1-20-15-36-27-3-2-22(23-12-21(16-34-17-23)18-38-9-5-25(40)6-10-38)13-26(27)29(20)30(41)37-24-4-8-35-28(14-24)39-11-7-31(32,33)19-39/h2-4,8,12-14,16-17,25,36,40H,5-7,9-11,15,18-19H2,1H3,(H,35,37,41). The van der Waals surface area contributed by atoms with Crippen molar-refractivity contribution in [2.45, 2.75) is 44.8 Å². The summed E-state index contributed by atoms with van der Waals surface area (Å²) in [5.74, 6) is -2.57. The SMILES string of the molecule is CC1=C(C(=O)Nc2ccnc(N3CCC(F)(F)C3)c2)c2cc(-c3cncc(CN4CCC(O)CC4)c3)ccc2NC1. The van der Waals surface area contributed by atoms with Crippen molar-refractivity contribution >= 4 is 28.7 Å². The molecule has 0 radical (unpaired) electrons. The molecule has 1 aromatic carbocycles. The Labute approximate surface area is 238 Å². The summed E-state index contributed by atoms with van der Waals surface area (Å²) in [6.45, 7) is 4.82. The van der Waals surface area contributed by atoms with Gasteiger partial charge in [-0.05, 0) is 60.7 Å². The van der Waals surface area contributed by atoms with Crippen LogP contribution in [0.4, 0.5) is 26.0 Å². The van der Waals surface area contributed by atoms with Crippen molar-refractivity contribution in [2.24, 2.45) is 0 Å². The molecule has 1 amide bonds. The summed E-state index contributed by atoms with van der Waals surface area (Å²) in [6, 6.07) is 11.5. The van der Waals surface area contributed by atoms with Gasteiger partial charge in [0.05, 0.1) is 12.6 Å². The van der Waals surface area contributed by atoms with Crippen molar-refractivity contribution in [1.29, 1.82) is 0 Å². The maximum atomic E-state index is 13.7. The molecule has 3 aliphatic rings. The van der Waals surface area contributed by atoms with E-state index < -0.39 is 5.92 Å². The lowest BCUT2D eigenvalue weighted by atomic mass is 9.91. The van der Waals surface area contributed by atoms with Crippen molar-refractivity contribution in [2.75, 3.05) is 48.3 Å². The van der Waals surface area contributed by atoms with Crippen molar-refractivity contribution in [1.82, 2.24) is 14.9 Å². The van der Waals surface area contributed by atoms with E-state index in [2.05, 4.69) is 31.6 Å². The van der Waals surface area contributed by atoms with Gasteiger partial charge in [-0.2, -0.15) is 0 Å². The monoisotopic (exact) mass is 560 g/mol. The van der Waals surface area contributed by atoms with Crippen LogP contribution in [0.2, 0.25) is 0 Å². The average Bonchev–Trinajstić information content (AvgIpc) is 3.33. The summed E-state index contributed by atoms with van der Waals surface area (Å²) < 4.78 is 27.5. The number of pyridine rings is 2. The number of carbonyl (C=O) groups excluding carboxylic acids is 1. The van der Waals surface area contributed by atoms with Crippen LogP contribution in [0.15, 0.2) is 60.6 Å². The molecule has 0 bridgehead atoms. The molecule has 8 nitrogen and oxygen atoms in total. The van der Waals surface area contributed by atoms with E-state index in [1.165, 1.54) is 6.20 Å². The lowest BCUT2D eigenvalue weighted by Gasteiger charge is -2.29. The Morgan fingerprint density at radius 1 is 1.12 bits per heavy atom. The topological polar surface area (TPSA) is 93.6 Å². The van der Waals surface area contributed by atoms with E-state index in [0.29, 0.717) is 23.6 Å². The Kier molecular flexibility index (Phi) is 7.44. The first-order valence-corrected chi connectivity index (χ1v) is 14.1. The zero-order valence-electron chi connectivity index (χ0n) is 23.0. The first-order valence-electron chi connectivity index (χ1n) is 14.1. The van der Waals surface area contributed by atoms with Gasteiger partial charge in [-0.25, -0.2) is 13.8 Å². The van der Waals surface area contributed by atoms with Crippen molar-refractivity contribution in [3.8, 4) is 11.1 Å². The Morgan fingerprint density at radius 2 is 1.95 bits per heavy atom. The molecule has 0 atom stereocenters. The van der Waals surface area contributed by atoms with Gasteiger partial charge in [0.25, 0.3) is 11.8 Å². The summed E-state index contributed by atoms with van der Waals surface area (Å²) in [4.78, 5) is 26.3. The van der Waals surface area contributed by atoms with E-state index in [4.69, 9.17) is 0 Å². The van der Waals surface area contributed by atoms with Crippen LogP contribution >= 0.6 is 0 Å². The van der Waals surface area contributed by atoms with Crippen LogP contribution in [0.25, 0.3) is 16.7 Å². The van der Waals surface area contributed by atoms with Crippen molar-refractivity contribution < 1.29 is 18.7 Å². The molecule has 0 aliphatic carbocycles. The Bertz CT molecular complexity index is 1480. The number of nitrogens with one attached hydrogen (secondary N) is 2. The largest absolute Gasteiger partial charge is 0.393 e. The number of carbonyl (C=O) groups is 1. The third-order valence-electron chi connectivity index (χ3n) is 8.08. The van der Waals surface area contributed by atoms with Crippen LogP contribution in [0.3, 0.4) is 0 Å². The second kappa shape index (κ2) is 11.2. The molecule has 3 aliphatic heterocycles. The number of likely N-dealkylation sites (tertiary alicyclic amines) is 1. The Hall–Kier alpha value is -3.89. The van der Waals surface area contributed by atoms with Gasteiger partial charge in [0.15, 0.2) is 0 Å². The van der Waals surface area contributed by atoms with Gasteiger partial charge in [0.2, 0.25) is 0 Å². The van der Waals surface area contributed by atoms with E-state index >= 15 is 0 Å². The maximum Gasteiger partial charge on any atom is 0.266 e. The fourth-order valence-electron chi connectivity index (χ4n) is 5.81. The van der Waals surface area contributed by atoms with E-state index in [1.54, 1.807) is 17.0 Å². The smallest absolute Gasteiger partial charge is 0.266 e. The molecule has 3 aromatic rings. The van der Waals surface area contributed by atoms with E-state index in [0.717, 1.165) is 66.0 Å². The van der Waals surface area contributed by atoms with Gasteiger partial charge in [0, 0.05) is 91.9 Å². The number of aliphatic hydroxyl groups excluding tert-OH is 1. The first-order chi connectivity index (χ1) is 19.7. The highest BCUT2D eigenvalue weighted by Crippen LogP contribution is 2.36. The van der Waals surface area contributed by atoms with Crippen LogP contribution in [0.5, 0.6) is 0 Å². The maximum absolute atomic E-state index is 13.7. The lowest BCUT2D eigenvalue weighted by molar-refractivity contribution is -0.111. The number of benzene rings is 1. The van der Waals surface area contributed by atoms with Crippen LogP contribution in [-0.4, -0.2) is 70.6 Å². The average molecular weight is 561 g/mol. The lowest BCUT2D eigenvalue weighted by Crippen LogP contribution is -2.35. The number of halogens is 2. The minimum absolute atomic E-state index is 0.204. The minimum atomic E-state index is -2.73. The zero-order chi connectivity index (χ0) is 28.6. The molecular formula is C31H34F2N6O2. The first kappa shape index (κ1) is 27.3. The molecule has 2 fully saturated rings. The number of hydrogen-bond acceptors (Lipinski definition) is 7. The molecule has 6 rings (SSSR count). The fraction of sp³-hybridized carbons (Fsp3) is 0.387. The van der Waals surface area contributed by atoms with Crippen LogP contribution in [0, 0.1) is 0 Å². The van der Waals surface area contributed by atoms with E-state index in [-0.39, 0.29) is 31.5 Å². The van der Waals surface area contributed by atoms with Gasteiger partial charge in [-0.15, -0.1) is 0 Å². The number of nitrogens with zero attached hydrogens (tertiary/aromatic N) is 4. The normalized spacial score (nSPS) is 19.2. The molecular weight excluding hydrogens is 526 g/mol. The van der Waals surface area contributed by atoms with Crippen LogP contribution < -0.4 is 15.5 Å². The number of hydrogen-bond donors (Lipinski definition) is 3. The fourth-order valence-corrected chi connectivity index (χ4v) is 5.81. The summed E-state index contributed by atoms with van der Waals surface area (Å²) >= 11 is 0. The number of aromatic nitrogens is 2. The zero-order valence-corrected chi connectivity index (χ0v) is 23.0. The highest BCUT2D eigenvalue weighted by molar-refractivity contribution is 6.28. The number of aliphatic hydroxyl groups is 1. The third-order valence-corrected chi connectivity index (χ3v) is 8.08. The molecule has 5 heterocycles. The van der Waals surface area contributed by atoms with Crippen LogP contribution in [-0.2, 0) is 11.3 Å². The summed E-state index contributed by atoms with van der Waals surface area (Å²) in [7, 11) is 0. The van der Waals surface area contributed by atoms with Gasteiger partial charge < -0.3 is 20.6 Å². The Balaban J connectivity index is 1.22. The molecule has 2 aromatic heterocycles. The van der Waals surface area contributed by atoms with E-state index in [1.807, 2.05) is 37.5 Å². The molecule has 0 unspecified atom stereocenters. The summed E-state index contributed by atoms with van der Waals surface area (Å²) in [5, 5.41) is 16.2. The number of amides is 1. The van der Waals surface area contributed by atoms with Gasteiger partial charge in [-0.3, -0.25) is 14.7 Å². The Morgan fingerprint density at radius 3 is 2.73 bits per heavy atom. The number of anilines is 3. The van der Waals surface area contributed by atoms with Crippen LogP contribution in [0.1, 0.15) is 37.3 Å². The molecule has 0 spiro atoms. The second-order valence-electron chi connectivity index (χ2n) is 11.2. The highest BCUT2D eigenvalue weighted by Gasteiger charge is 2.38. The highest BCUT2D eigenvalue weighted by atomic mass is 19.3. The van der Waals surface area contributed by atoms with E-state index in [9.17, 15) is 18.7 Å². The molecule has 214 valence electrons. The summed E-state index contributed by atoms with van der Waals surface area (Å²) in [6.07, 6.45) is 6.41. The summed E-state index contributed by atoms with van der Waals surface area (Å²) in [5.41, 5.74) is 6.68. The number of alkyl halides is 2. The third kappa shape index (κ3) is 6.08. The molecule has 2 saturated heterocycles. The molecule has 0 saturated carbocycles. The number of fused-ring (bicyclic) bond motifs is 1. The van der Waals surface area contributed by atoms with Gasteiger partial charge in [-0.1, -0.05) is 6.07 Å². The predicted molar refractivity (Wildman–Crippen MR) is 156 cm³/mol. The predicted octanol–water partition coefficient (Wildman–Crippen LogP) is 4.78. The molecule has 10 heteroatoms. The minimum Gasteiger partial charge on any atom is -0.393 e. The van der Waals surface area contributed by atoms with Gasteiger partial charge in [0.1, 0.15) is 5.82 Å². The van der Waals surface area contributed by atoms with Crippen molar-refractivity contribution in [3.63, 3.8) is 0 Å². The molecule has 41 heavy (non-hydrogen) atoms.